The second-order valence-electron chi connectivity index (χ2n) is 7.55. The summed E-state index contributed by atoms with van der Waals surface area (Å²) in [7, 11) is 0. The van der Waals surface area contributed by atoms with Gasteiger partial charge >= 0.3 is 0 Å². The zero-order valence-electron chi connectivity index (χ0n) is 16.7. The summed E-state index contributed by atoms with van der Waals surface area (Å²) in [5.74, 6) is -0.399. The van der Waals surface area contributed by atoms with Crippen molar-refractivity contribution in [3.8, 4) is 23.3 Å². The largest absolute Gasteiger partial charge is 0.476 e. The summed E-state index contributed by atoms with van der Waals surface area (Å²) in [6.45, 7) is 4.36. The second-order valence-corrected chi connectivity index (χ2v) is 7.55. The van der Waals surface area contributed by atoms with Crippen molar-refractivity contribution < 1.29 is 24.2 Å². The minimum atomic E-state index is -1.13. The lowest BCUT2D eigenvalue weighted by atomic mass is 10.1. The lowest BCUT2D eigenvalue weighted by Crippen LogP contribution is -2.35. The van der Waals surface area contributed by atoms with Crippen LogP contribution in [0.4, 0.5) is 5.82 Å². The molecule has 3 rings (SSSR count). The van der Waals surface area contributed by atoms with Gasteiger partial charge in [0.05, 0.1) is 37.1 Å². The highest BCUT2D eigenvalue weighted by atomic mass is 16.7. The van der Waals surface area contributed by atoms with Crippen molar-refractivity contribution in [2.75, 3.05) is 32.2 Å². The SMILES string of the molecule is CC(C)(O)CONC(=O)c1c(N)nc(-c2cccc(C#N)c2)nc1OCC1COC1. The smallest absolute Gasteiger partial charge is 0.284 e. The Bertz CT molecular complexity index is 963. The van der Waals surface area contributed by atoms with Gasteiger partial charge in [0.25, 0.3) is 5.91 Å². The molecule has 30 heavy (non-hydrogen) atoms. The Morgan fingerprint density at radius 1 is 1.43 bits per heavy atom. The van der Waals surface area contributed by atoms with E-state index in [9.17, 15) is 9.90 Å². The molecule has 0 unspecified atom stereocenters. The molecule has 4 N–H and O–H groups in total. The van der Waals surface area contributed by atoms with E-state index in [-0.39, 0.29) is 35.6 Å². The molecule has 0 saturated carbocycles. The molecular weight excluding hydrogens is 390 g/mol. The third kappa shape index (κ3) is 5.42. The third-order valence-electron chi connectivity index (χ3n) is 4.13. The number of anilines is 1. The van der Waals surface area contributed by atoms with Gasteiger partial charge in [0.2, 0.25) is 5.88 Å². The number of hydrogen-bond acceptors (Lipinski definition) is 9. The fraction of sp³-hybridized carbons (Fsp3) is 0.400. The van der Waals surface area contributed by atoms with E-state index in [1.807, 2.05) is 0 Å². The lowest BCUT2D eigenvalue weighted by Gasteiger charge is -2.26. The topological polar surface area (TPSA) is 153 Å². The van der Waals surface area contributed by atoms with Gasteiger partial charge < -0.3 is 20.3 Å². The molecular formula is C20H23N5O5. The quantitative estimate of drug-likeness (QED) is 0.539. The lowest BCUT2D eigenvalue weighted by molar-refractivity contribution is -0.0535. The Kier molecular flexibility index (Phi) is 6.47. The molecule has 0 atom stereocenters. The first-order chi connectivity index (χ1) is 14.3. The number of nitrogens with zero attached hydrogens (tertiary/aromatic N) is 3. The van der Waals surface area contributed by atoms with Crippen LogP contribution in [0.3, 0.4) is 0 Å². The van der Waals surface area contributed by atoms with Crippen molar-refractivity contribution in [3.63, 3.8) is 0 Å². The summed E-state index contributed by atoms with van der Waals surface area (Å²) in [5, 5.41) is 18.8. The minimum absolute atomic E-state index is 0.00359. The van der Waals surface area contributed by atoms with Gasteiger partial charge in [0.1, 0.15) is 18.0 Å². The van der Waals surface area contributed by atoms with Crippen LogP contribution >= 0.6 is 0 Å². The summed E-state index contributed by atoms with van der Waals surface area (Å²) in [4.78, 5) is 26.2. The van der Waals surface area contributed by atoms with E-state index >= 15 is 0 Å². The predicted octanol–water partition coefficient (Wildman–Crippen LogP) is 1.05. The Labute approximate surface area is 173 Å². The minimum Gasteiger partial charge on any atom is -0.476 e. The number of hydrogen-bond donors (Lipinski definition) is 3. The fourth-order valence-corrected chi connectivity index (χ4v) is 2.54. The van der Waals surface area contributed by atoms with Crippen LogP contribution in [-0.4, -0.2) is 53.0 Å². The Hall–Kier alpha value is -3.26. The van der Waals surface area contributed by atoms with Crippen LogP contribution in [0.15, 0.2) is 24.3 Å². The standard InChI is InChI=1S/C20H23N5O5/c1-20(2,27)11-30-25-18(26)15-16(22)23-17(14-5-3-4-12(6-14)7-21)24-19(15)29-10-13-8-28-9-13/h3-6,13,27H,8-11H2,1-2H3,(H,25,26)(H2,22,23,24). The van der Waals surface area contributed by atoms with E-state index in [1.165, 1.54) is 13.8 Å². The zero-order chi connectivity index (χ0) is 21.7. The highest BCUT2D eigenvalue weighted by Gasteiger charge is 2.25. The average molecular weight is 413 g/mol. The maximum absolute atomic E-state index is 12.6. The highest BCUT2D eigenvalue weighted by molar-refractivity contribution is 6.00. The summed E-state index contributed by atoms with van der Waals surface area (Å²) in [6, 6.07) is 8.75. The molecule has 2 aromatic rings. The third-order valence-corrected chi connectivity index (χ3v) is 4.13. The fourth-order valence-electron chi connectivity index (χ4n) is 2.54. The van der Waals surface area contributed by atoms with Gasteiger partial charge in [-0.2, -0.15) is 10.2 Å². The zero-order valence-corrected chi connectivity index (χ0v) is 16.7. The molecule has 0 spiro atoms. The maximum atomic E-state index is 12.6. The molecule has 0 radical (unpaired) electrons. The van der Waals surface area contributed by atoms with E-state index in [1.54, 1.807) is 24.3 Å². The first-order valence-electron chi connectivity index (χ1n) is 9.30. The molecule has 1 aliphatic heterocycles. The van der Waals surface area contributed by atoms with Crippen molar-refractivity contribution in [2.24, 2.45) is 5.92 Å². The number of nitrogen functional groups attached to an aromatic ring is 1. The second kappa shape index (κ2) is 9.04. The monoisotopic (exact) mass is 413 g/mol. The van der Waals surface area contributed by atoms with Crippen LogP contribution in [0.5, 0.6) is 5.88 Å². The van der Waals surface area contributed by atoms with Gasteiger partial charge in [-0.15, -0.1) is 0 Å². The van der Waals surface area contributed by atoms with Crippen LogP contribution in [0.25, 0.3) is 11.4 Å². The molecule has 1 aromatic carbocycles. The summed E-state index contributed by atoms with van der Waals surface area (Å²) in [5.41, 5.74) is 8.06. The van der Waals surface area contributed by atoms with Gasteiger partial charge in [-0.3, -0.25) is 9.63 Å². The number of nitrogens with one attached hydrogen (secondary N) is 1. The number of amides is 1. The number of nitriles is 1. The number of nitrogens with two attached hydrogens (primary N) is 1. The number of aliphatic hydroxyl groups is 1. The first-order valence-corrected chi connectivity index (χ1v) is 9.30. The summed E-state index contributed by atoms with van der Waals surface area (Å²) < 4.78 is 10.9. The molecule has 1 saturated heterocycles. The van der Waals surface area contributed by atoms with Crippen molar-refractivity contribution in [1.82, 2.24) is 15.4 Å². The Morgan fingerprint density at radius 2 is 2.20 bits per heavy atom. The van der Waals surface area contributed by atoms with Crippen LogP contribution < -0.4 is 16.0 Å². The van der Waals surface area contributed by atoms with Crippen molar-refractivity contribution in [2.45, 2.75) is 19.4 Å². The Balaban J connectivity index is 1.89. The molecule has 0 bridgehead atoms. The number of aromatic nitrogens is 2. The number of benzene rings is 1. The van der Waals surface area contributed by atoms with Crippen LogP contribution in [-0.2, 0) is 9.57 Å². The van der Waals surface area contributed by atoms with Crippen molar-refractivity contribution in [3.05, 3.63) is 35.4 Å². The van der Waals surface area contributed by atoms with Gasteiger partial charge in [0.15, 0.2) is 5.82 Å². The van der Waals surface area contributed by atoms with E-state index in [0.29, 0.717) is 30.9 Å². The molecule has 10 nitrogen and oxygen atoms in total. The van der Waals surface area contributed by atoms with Crippen molar-refractivity contribution >= 4 is 11.7 Å². The summed E-state index contributed by atoms with van der Waals surface area (Å²) >= 11 is 0. The van der Waals surface area contributed by atoms with Crippen LogP contribution in [0.1, 0.15) is 29.8 Å². The number of carbonyl (C=O) groups is 1. The number of ether oxygens (including phenoxy) is 2. The molecule has 1 aliphatic rings. The highest BCUT2D eigenvalue weighted by Crippen LogP contribution is 2.27. The molecule has 1 amide bonds. The van der Waals surface area contributed by atoms with Crippen LogP contribution in [0, 0.1) is 17.2 Å². The van der Waals surface area contributed by atoms with Crippen molar-refractivity contribution in [1.29, 1.82) is 5.26 Å². The molecule has 158 valence electrons. The van der Waals surface area contributed by atoms with Gasteiger partial charge in [0, 0.05) is 11.5 Å². The first kappa shape index (κ1) is 21.4. The van der Waals surface area contributed by atoms with Gasteiger partial charge in [-0.25, -0.2) is 10.5 Å². The number of rotatable bonds is 8. The maximum Gasteiger partial charge on any atom is 0.284 e. The molecule has 1 aromatic heterocycles. The normalized spacial score (nSPS) is 13.9. The predicted molar refractivity (Wildman–Crippen MR) is 106 cm³/mol. The van der Waals surface area contributed by atoms with E-state index < -0.39 is 11.5 Å². The molecule has 2 heterocycles. The summed E-state index contributed by atoms with van der Waals surface area (Å²) in [6.07, 6.45) is 0. The van der Waals surface area contributed by atoms with E-state index in [2.05, 4.69) is 21.5 Å². The van der Waals surface area contributed by atoms with E-state index in [0.717, 1.165) is 0 Å². The molecule has 1 fully saturated rings. The van der Waals surface area contributed by atoms with Crippen LogP contribution in [0.2, 0.25) is 0 Å². The Morgan fingerprint density at radius 3 is 2.83 bits per heavy atom. The average Bonchev–Trinajstić information content (AvgIpc) is 2.65. The number of hydroxylamine groups is 1. The van der Waals surface area contributed by atoms with E-state index in [4.69, 9.17) is 25.3 Å². The number of carbonyl (C=O) groups excluding carboxylic acids is 1. The van der Waals surface area contributed by atoms with Gasteiger partial charge in [-0.05, 0) is 26.0 Å². The molecule has 0 aliphatic carbocycles. The molecule has 10 heteroatoms. The van der Waals surface area contributed by atoms with Gasteiger partial charge in [-0.1, -0.05) is 12.1 Å².